The summed E-state index contributed by atoms with van der Waals surface area (Å²) < 4.78 is 26.1. The maximum Gasteiger partial charge on any atom is 0.272 e. The fourth-order valence-electron chi connectivity index (χ4n) is 1.67. The van der Waals surface area contributed by atoms with E-state index in [1.165, 1.54) is 24.3 Å². The van der Waals surface area contributed by atoms with Gasteiger partial charge >= 0.3 is 0 Å². The maximum absolute atomic E-state index is 13.2. The fourth-order valence-corrected chi connectivity index (χ4v) is 1.90. The third-order valence-corrected chi connectivity index (χ3v) is 2.88. The first kappa shape index (κ1) is 14.2. The third-order valence-electron chi connectivity index (χ3n) is 2.57. The zero-order valence-electron chi connectivity index (χ0n) is 10.1. The van der Waals surface area contributed by atoms with Crippen LogP contribution in [0, 0.1) is 21.7 Å². The molecule has 0 aliphatic carbocycles. The lowest BCUT2D eigenvalue weighted by Gasteiger charge is -2.08. The average molecular weight is 299 g/mol. The lowest BCUT2D eigenvalue weighted by Crippen LogP contribution is -2.02. The molecule has 2 aromatic rings. The largest absolute Gasteiger partial charge is 0.380 e. The number of hydrogen-bond donors (Lipinski definition) is 1. The number of benzene rings is 2. The van der Waals surface area contributed by atoms with Crippen LogP contribution >= 0.6 is 11.6 Å². The van der Waals surface area contributed by atoms with E-state index in [1.807, 2.05) is 0 Å². The first-order chi connectivity index (χ1) is 9.45. The van der Waals surface area contributed by atoms with Crippen molar-refractivity contribution >= 4 is 23.0 Å². The summed E-state index contributed by atoms with van der Waals surface area (Å²) in [5.74, 6) is -1.16. The number of halogens is 3. The Hall–Kier alpha value is -2.21. The van der Waals surface area contributed by atoms with Crippen molar-refractivity contribution in [3.63, 3.8) is 0 Å². The molecule has 104 valence electrons. The van der Waals surface area contributed by atoms with Crippen LogP contribution in [-0.2, 0) is 6.54 Å². The fraction of sp³-hybridized carbons (Fsp3) is 0.0769. The van der Waals surface area contributed by atoms with Crippen molar-refractivity contribution in [3.05, 3.63) is 68.7 Å². The Morgan fingerprint density at radius 3 is 2.55 bits per heavy atom. The van der Waals surface area contributed by atoms with E-state index in [4.69, 9.17) is 11.6 Å². The van der Waals surface area contributed by atoms with Gasteiger partial charge in [0, 0.05) is 12.6 Å². The van der Waals surface area contributed by atoms with Crippen molar-refractivity contribution in [1.29, 1.82) is 0 Å². The van der Waals surface area contributed by atoms with Gasteiger partial charge in [0.2, 0.25) is 0 Å². The van der Waals surface area contributed by atoms with Gasteiger partial charge in [-0.1, -0.05) is 11.6 Å². The van der Waals surface area contributed by atoms with E-state index in [2.05, 4.69) is 5.32 Å². The summed E-state index contributed by atoms with van der Waals surface area (Å²) in [6, 6.07) is 7.07. The molecule has 0 aliphatic rings. The zero-order chi connectivity index (χ0) is 14.7. The van der Waals surface area contributed by atoms with Crippen LogP contribution in [0.25, 0.3) is 0 Å². The predicted octanol–water partition coefficient (Wildman–Crippen LogP) is 4.14. The molecule has 0 unspecified atom stereocenters. The summed E-state index contributed by atoms with van der Waals surface area (Å²) in [4.78, 5) is 9.96. The van der Waals surface area contributed by atoms with Gasteiger partial charge in [-0.15, -0.1) is 0 Å². The zero-order valence-corrected chi connectivity index (χ0v) is 10.8. The SMILES string of the molecule is O=[N+]([O-])c1cc(F)cc(CNc2ccc(F)cc2Cl)c1. The van der Waals surface area contributed by atoms with Crippen molar-refractivity contribution < 1.29 is 13.7 Å². The second kappa shape index (κ2) is 5.83. The quantitative estimate of drug-likeness (QED) is 0.682. The van der Waals surface area contributed by atoms with Crippen LogP contribution in [0.5, 0.6) is 0 Å². The monoisotopic (exact) mass is 298 g/mol. The highest BCUT2D eigenvalue weighted by atomic mass is 35.5. The predicted molar refractivity (Wildman–Crippen MR) is 71.8 cm³/mol. The molecule has 0 amide bonds. The van der Waals surface area contributed by atoms with E-state index < -0.39 is 16.6 Å². The minimum absolute atomic E-state index is 0.129. The van der Waals surface area contributed by atoms with Crippen LogP contribution < -0.4 is 5.32 Å². The first-order valence-corrected chi connectivity index (χ1v) is 5.96. The molecule has 0 bridgehead atoms. The molecule has 0 atom stereocenters. The minimum Gasteiger partial charge on any atom is -0.380 e. The number of nitro benzene ring substituents is 1. The number of rotatable bonds is 4. The number of anilines is 1. The summed E-state index contributed by atoms with van der Waals surface area (Å²) in [5.41, 5.74) is 0.518. The van der Waals surface area contributed by atoms with E-state index in [-0.39, 0.29) is 17.3 Å². The molecule has 2 rings (SSSR count). The molecular formula is C13H9ClF2N2O2. The molecule has 2 aromatic carbocycles. The van der Waals surface area contributed by atoms with Crippen molar-refractivity contribution in [2.75, 3.05) is 5.32 Å². The minimum atomic E-state index is -0.693. The molecule has 0 radical (unpaired) electrons. The van der Waals surface area contributed by atoms with Gasteiger partial charge in [-0.3, -0.25) is 10.1 Å². The van der Waals surface area contributed by atoms with E-state index in [9.17, 15) is 18.9 Å². The van der Waals surface area contributed by atoms with Crippen molar-refractivity contribution in [2.24, 2.45) is 0 Å². The van der Waals surface area contributed by atoms with E-state index in [1.54, 1.807) is 0 Å². The Kier molecular flexibility index (Phi) is 4.14. The van der Waals surface area contributed by atoms with E-state index in [0.29, 0.717) is 11.3 Å². The van der Waals surface area contributed by atoms with E-state index >= 15 is 0 Å². The van der Waals surface area contributed by atoms with Gasteiger partial charge in [-0.2, -0.15) is 0 Å². The molecule has 0 aromatic heterocycles. The second-order valence-corrected chi connectivity index (χ2v) is 4.46. The molecule has 0 heterocycles. The summed E-state index contributed by atoms with van der Waals surface area (Å²) in [6.45, 7) is 0.129. The highest BCUT2D eigenvalue weighted by Gasteiger charge is 2.10. The van der Waals surface area contributed by atoms with Crippen molar-refractivity contribution in [1.82, 2.24) is 0 Å². The number of nitrogens with zero attached hydrogens (tertiary/aromatic N) is 1. The number of nitrogens with one attached hydrogen (secondary N) is 1. The number of hydrogen-bond acceptors (Lipinski definition) is 3. The molecule has 20 heavy (non-hydrogen) atoms. The molecule has 0 aliphatic heterocycles. The summed E-state index contributed by atoms with van der Waals surface area (Å²) in [5, 5.41) is 13.7. The molecule has 0 fully saturated rings. The summed E-state index contributed by atoms with van der Waals surface area (Å²) in [7, 11) is 0. The van der Waals surface area contributed by atoms with Crippen molar-refractivity contribution in [3.8, 4) is 0 Å². The van der Waals surface area contributed by atoms with Gasteiger partial charge in [0.1, 0.15) is 11.6 Å². The Labute approximate surface area is 118 Å². The van der Waals surface area contributed by atoms with Crippen LogP contribution in [0.1, 0.15) is 5.56 Å². The van der Waals surface area contributed by atoms with Gasteiger partial charge in [-0.05, 0) is 29.8 Å². The Morgan fingerprint density at radius 1 is 1.15 bits per heavy atom. The van der Waals surface area contributed by atoms with Crippen molar-refractivity contribution in [2.45, 2.75) is 6.54 Å². The van der Waals surface area contributed by atoms with Crippen LogP contribution in [0.15, 0.2) is 36.4 Å². The number of non-ortho nitro benzene ring substituents is 1. The lowest BCUT2D eigenvalue weighted by molar-refractivity contribution is -0.385. The van der Waals surface area contributed by atoms with E-state index in [0.717, 1.165) is 12.1 Å². The average Bonchev–Trinajstić information content (AvgIpc) is 2.37. The lowest BCUT2D eigenvalue weighted by atomic mass is 10.2. The topological polar surface area (TPSA) is 55.2 Å². The highest BCUT2D eigenvalue weighted by Crippen LogP contribution is 2.24. The smallest absolute Gasteiger partial charge is 0.272 e. The van der Waals surface area contributed by atoms with Crippen LogP contribution in [-0.4, -0.2) is 4.92 Å². The highest BCUT2D eigenvalue weighted by molar-refractivity contribution is 6.33. The van der Waals surface area contributed by atoms with Crippen LogP contribution in [0.3, 0.4) is 0 Å². The van der Waals surface area contributed by atoms with Crippen LogP contribution in [0.4, 0.5) is 20.2 Å². The normalized spacial score (nSPS) is 10.3. The van der Waals surface area contributed by atoms with Gasteiger partial charge in [0.25, 0.3) is 5.69 Å². The molecule has 0 spiro atoms. The Bertz CT molecular complexity index is 665. The molecule has 7 heteroatoms. The molecular weight excluding hydrogens is 290 g/mol. The first-order valence-electron chi connectivity index (χ1n) is 5.58. The van der Waals surface area contributed by atoms with Crippen LogP contribution in [0.2, 0.25) is 5.02 Å². The van der Waals surface area contributed by atoms with Gasteiger partial charge in [-0.25, -0.2) is 8.78 Å². The van der Waals surface area contributed by atoms with Gasteiger partial charge in [0.05, 0.1) is 21.7 Å². The maximum atomic E-state index is 13.2. The summed E-state index contributed by atoms with van der Waals surface area (Å²) >= 11 is 5.82. The van der Waals surface area contributed by atoms with Gasteiger partial charge < -0.3 is 5.32 Å². The number of nitro groups is 1. The Morgan fingerprint density at radius 2 is 1.90 bits per heavy atom. The standard InChI is InChI=1S/C13H9ClF2N2O2/c14-12-6-9(15)1-2-13(12)17-7-8-3-10(16)5-11(4-8)18(19)20/h1-6,17H,7H2. The molecule has 0 saturated heterocycles. The molecule has 4 nitrogen and oxygen atoms in total. The molecule has 0 saturated carbocycles. The summed E-state index contributed by atoms with van der Waals surface area (Å²) in [6.07, 6.45) is 0. The second-order valence-electron chi connectivity index (χ2n) is 4.05. The molecule has 1 N–H and O–H groups in total. The van der Waals surface area contributed by atoms with Gasteiger partial charge in [0.15, 0.2) is 0 Å². The third kappa shape index (κ3) is 3.42. The Balaban J connectivity index is 2.16.